The van der Waals surface area contributed by atoms with E-state index < -0.39 is 0 Å². The maximum Gasteiger partial charge on any atom is 0.176 e. The summed E-state index contributed by atoms with van der Waals surface area (Å²) in [5.74, 6) is 2.32. The van der Waals surface area contributed by atoms with Crippen LogP contribution in [0.15, 0.2) is 30.0 Å². The van der Waals surface area contributed by atoms with Gasteiger partial charge in [0.25, 0.3) is 0 Å². The topological polar surface area (TPSA) is 27.7 Å². The molecule has 0 radical (unpaired) electrons. The molecule has 0 saturated heterocycles. The van der Waals surface area contributed by atoms with Crippen LogP contribution in [0.4, 0.5) is 0 Å². The zero-order chi connectivity index (χ0) is 9.97. The fourth-order valence-corrected chi connectivity index (χ4v) is 1.51. The summed E-state index contributed by atoms with van der Waals surface area (Å²) in [7, 11) is 3.25. The Hall–Kier alpha value is -1.64. The lowest BCUT2D eigenvalue weighted by molar-refractivity contribution is 0.195. The molecule has 0 aliphatic carbocycles. The largest absolute Gasteiger partial charge is 0.494 e. The van der Waals surface area contributed by atoms with Gasteiger partial charge in [-0.1, -0.05) is 12.1 Å². The average Bonchev–Trinajstić information content (AvgIpc) is 2.27. The highest BCUT2D eigenvalue weighted by molar-refractivity contribution is 5.69. The van der Waals surface area contributed by atoms with Crippen molar-refractivity contribution in [3.8, 4) is 5.75 Å². The van der Waals surface area contributed by atoms with Gasteiger partial charge in [0.05, 0.1) is 19.8 Å². The summed E-state index contributed by atoms with van der Waals surface area (Å²) in [5.41, 5.74) is 0.943. The van der Waals surface area contributed by atoms with E-state index in [-0.39, 0.29) is 0 Å². The second-order valence-electron chi connectivity index (χ2n) is 2.95. The van der Waals surface area contributed by atoms with E-state index in [9.17, 15) is 0 Å². The van der Waals surface area contributed by atoms with Crippen LogP contribution in [0.2, 0.25) is 0 Å². The molecule has 1 aliphatic rings. The van der Waals surface area contributed by atoms with Gasteiger partial charge in [0.15, 0.2) is 11.5 Å². The number of rotatable bonds is 2. The van der Waals surface area contributed by atoms with Gasteiger partial charge in [0.1, 0.15) is 12.4 Å². The summed E-state index contributed by atoms with van der Waals surface area (Å²) in [6, 6.07) is 7.75. The Morgan fingerprint density at radius 1 is 1.14 bits per heavy atom. The second-order valence-corrected chi connectivity index (χ2v) is 2.95. The van der Waals surface area contributed by atoms with E-state index in [0.29, 0.717) is 6.61 Å². The Balaban J connectivity index is 2.52. The van der Waals surface area contributed by atoms with Crippen LogP contribution in [0.25, 0.3) is 5.76 Å². The first-order valence-electron chi connectivity index (χ1n) is 4.40. The average molecular weight is 192 g/mol. The number of hydrogen-bond acceptors (Lipinski definition) is 3. The van der Waals surface area contributed by atoms with Gasteiger partial charge in [-0.25, -0.2) is 0 Å². The Morgan fingerprint density at radius 3 is 2.64 bits per heavy atom. The van der Waals surface area contributed by atoms with Gasteiger partial charge in [-0.15, -0.1) is 0 Å². The summed E-state index contributed by atoms with van der Waals surface area (Å²) in [5, 5.41) is 0. The highest BCUT2D eigenvalue weighted by Gasteiger charge is 2.20. The SMILES string of the molecule is COC1=C(OC)c2ccccc2OC1. The Bertz CT molecular complexity index is 369. The van der Waals surface area contributed by atoms with Crippen molar-refractivity contribution in [2.75, 3.05) is 20.8 Å². The summed E-state index contributed by atoms with van der Waals surface area (Å²) in [6.07, 6.45) is 0. The van der Waals surface area contributed by atoms with Crippen LogP contribution in [-0.2, 0) is 9.47 Å². The van der Waals surface area contributed by atoms with Gasteiger partial charge < -0.3 is 14.2 Å². The van der Waals surface area contributed by atoms with Crippen molar-refractivity contribution in [1.29, 1.82) is 0 Å². The Labute approximate surface area is 82.9 Å². The van der Waals surface area contributed by atoms with Crippen LogP contribution in [0.3, 0.4) is 0 Å². The summed E-state index contributed by atoms with van der Waals surface area (Å²) < 4.78 is 16.0. The lowest BCUT2D eigenvalue weighted by Crippen LogP contribution is -2.13. The van der Waals surface area contributed by atoms with Crippen LogP contribution in [0.1, 0.15) is 5.56 Å². The van der Waals surface area contributed by atoms with Gasteiger partial charge in [0, 0.05) is 0 Å². The van der Waals surface area contributed by atoms with Crippen molar-refractivity contribution in [1.82, 2.24) is 0 Å². The standard InChI is InChI=1S/C11H12O3/c1-12-10-7-14-9-6-4-3-5-8(9)11(10)13-2/h3-6H,7H2,1-2H3. The third-order valence-electron chi connectivity index (χ3n) is 2.19. The molecule has 0 fully saturated rings. The Morgan fingerprint density at radius 2 is 1.93 bits per heavy atom. The van der Waals surface area contributed by atoms with E-state index in [2.05, 4.69) is 0 Å². The molecule has 1 aromatic rings. The van der Waals surface area contributed by atoms with Gasteiger partial charge >= 0.3 is 0 Å². The monoisotopic (exact) mass is 192 g/mol. The molecule has 0 saturated carbocycles. The third kappa shape index (κ3) is 1.31. The summed E-state index contributed by atoms with van der Waals surface area (Å²) in [4.78, 5) is 0. The second kappa shape index (κ2) is 3.62. The fourth-order valence-electron chi connectivity index (χ4n) is 1.51. The number of para-hydroxylation sites is 1. The first-order valence-corrected chi connectivity index (χ1v) is 4.40. The van der Waals surface area contributed by atoms with E-state index in [1.165, 1.54) is 0 Å². The van der Waals surface area contributed by atoms with E-state index in [0.717, 1.165) is 22.8 Å². The molecule has 3 heteroatoms. The van der Waals surface area contributed by atoms with Crippen molar-refractivity contribution < 1.29 is 14.2 Å². The lowest BCUT2D eigenvalue weighted by Gasteiger charge is -2.21. The molecule has 1 heterocycles. The fraction of sp³-hybridized carbons (Fsp3) is 0.273. The first kappa shape index (κ1) is 8.94. The van der Waals surface area contributed by atoms with E-state index in [1.807, 2.05) is 24.3 Å². The molecule has 0 atom stereocenters. The molecule has 0 bridgehead atoms. The molecule has 0 unspecified atom stereocenters. The summed E-state index contributed by atoms with van der Waals surface area (Å²) >= 11 is 0. The van der Waals surface area contributed by atoms with Gasteiger partial charge in [-0.2, -0.15) is 0 Å². The predicted molar refractivity (Wildman–Crippen MR) is 52.9 cm³/mol. The van der Waals surface area contributed by atoms with Crippen molar-refractivity contribution in [2.24, 2.45) is 0 Å². The van der Waals surface area contributed by atoms with Gasteiger partial charge in [-0.3, -0.25) is 0 Å². The Kier molecular flexibility index (Phi) is 2.31. The van der Waals surface area contributed by atoms with Gasteiger partial charge in [0.2, 0.25) is 0 Å². The minimum Gasteiger partial charge on any atom is -0.494 e. The number of ether oxygens (including phenoxy) is 3. The highest BCUT2D eigenvalue weighted by Crippen LogP contribution is 2.33. The molecule has 0 spiro atoms. The highest BCUT2D eigenvalue weighted by atomic mass is 16.5. The quantitative estimate of drug-likeness (QED) is 0.717. The number of benzene rings is 1. The van der Waals surface area contributed by atoms with Crippen LogP contribution >= 0.6 is 0 Å². The van der Waals surface area contributed by atoms with E-state index in [1.54, 1.807) is 14.2 Å². The molecule has 0 N–H and O–H groups in total. The van der Waals surface area contributed by atoms with E-state index >= 15 is 0 Å². The normalized spacial score (nSPS) is 14.4. The van der Waals surface area contributed by atoms with Crippen LogP contribution < -0.4 is 4.74 Å². The molecule has 0 aromatic heterocycles. The predicted octanol–water partition coefficient (Wildman–Crippen LogP) is 2.04. The number of fused-ring (bicyclic) bond motifs is 1. The van der Waals surface area contributed by atoms with Crippen LogP contribution in [0, 0.1) is 0 Å². The van der Waals surface area contributed by atoms with E-state index in [4.69, 9.17) is 14.2 Å². The van der Waals surface area contributed by atoms with Crippen molar-refractivity contribution in [2.45, 2.75) is 0 Å². The van der Waals surface area contributed by atoms with Crippen LogP contribution in [0.5, 0.6) is 5.75 Å². The zero-order valence-corrected chi connectivity index (χ0v) is 8.24. The maximum atomic E-state index is 5.50. The third-order valence-corrected chi connectivity index (χ3v) is 2.19. The van der Waals surface area contributed by atoms with Gasteiger partial charge in [-0.05, 0) is 12.1 Å². The van der Waals surface area contributed by atoms with Crippen molar-refractivity contribution >= 4 is 5.76 Å². The maximum absolute atomic E-state index is 5.50. The molecule has 2 rings (SSSR count). The molecule has 14 heavy (non-hydrogen) atoms. The molecule has 1 aromatic carbocycles. The molecular weight excluding hydrogens is 180 g/mol. The van der Waals surface area contributed by atoms with Crippen molar-refractivity contribution in [3.05, 3.63) is 35.6 Å². The first-order chi connectivity index (χ1) is 6.86. The number of methoxy groups -OCH3 is 2. The minimum atomic E-state index is 0.427. The minimum absolute atomic E-state index is 0.427. The van der Waals surface area contributed by atoms with Crippen LogP contribution in [-0.4, -0.2) is 20.8 Å². The number of hydrogen-bond donors (Lipinski definition) is 0. The molecule has 3 nitrogen and oxygen atoms in total. The zero-order valence-electron chi connectivity index (χ0n) is 8.24. The smallest absolute Gasteiger partial charge is 0.176 e. The summed E-state index contributed by atoms with van der Waals surface area (Å²) in [6.45, 7) is 0.427. The molecule has 1 aliphatic heterocycles. The molecule has 0 amide bonds. The molecular formula is C11H12O3. The van der Waals surface area contributed by atoms with Crippen molar-refractivity contribution in [3.63, 3.8) is 0 Å². The molecule has 74 valence electrons. The lowest BCUT2D eigenvalue weighted by atomic mass is 10.1.